The van der Waals surface area contributed by atoms with E-state index in [2.05, 4.69) is 0 Å². The molecule has 0 aromatic heterocycles. The molecule has 0 aromatic carbocycles. The molecule has 0 saturated heterocycles. The molecular formula is C9H15N3O3. The molecule has 2 amide bonds. The number of carboxylic acid groups (broad SMARTS) is 1. The molecule has 0 bridgehead atoms. The Labute approximate surface area is 88.5 Å². The van der Waals surface area contributed by atoms with Crippen LogP contribution in [-0.2, 0) is 4.79 Å². The molecular weight excluding hydrogens is 198 g/mol. The number of nitrogens with zero attached hydrogens (tertiary/aromatic N) is 2. The largest absolute Gasteiger partial charge is 0.465 e. The Morgan fingerprint density at radius 2 is 2.27 bits per heavy atom. The van der Waals surface area contributed by atoms with Crippen molar-refractivity contribution in [3.63, 3.8) is 0 Å². The van der Waals surface area contributed by atoms with E-state index in [4.69, 9.17) is 10.4 Å². The SMILES string of the molecule is CNC(=O)O.N#CCCN(C=O)C1CC1. The summed E-state index contributed by atoms with van der Waals surface area (Å²) in [5.74, 6) is 0. The van der Waals surface area contributed by atoms with Crippen LogP contribution in [-0.4, -0.2) is 42.1 Å². The lowest BCUT2D eigenvalue weighted by Gasteiger charge is -2.12. The van der Waals surface area contributed by atoms with Crippen LogP contribution in [0.3, 0.4) is 0 Å². The monoisotopic (exact) mass is 213 g/mol. The summed E-state index contributed by atoms with van der Waals surface area (Å²) in [5.41, 5.74) is 0. The van der Waals surface area contributed by atoms with E-state index in [1.165, 1.54) is 7.05 Å². The summed E-state index contributed by atoms with van der Waals surface area (Å²) < 4.78 is 0. The minimum Gasteiger partial charge on any atom is -0.465 e. The van der Waals surface area contributed by atoms with Crippen molar-refractivity contribution >= 4 is 12.5 Å². The Hall–Kier alpha value is -1.77. The van der Waals surface area contributed by atoms with Crippen molar-refractivity contribution in [2.75, 3.05) is 13.6 Å². The second kappa shape index (κ2) is 7.62. The minimum atomic E-state index is -0.995. The molecule has 1 aliphatic carbocycles. The fraction of sp³-hybridized carbons (Fsp3) is 0.667. The van der Waals surface area contributed by atoms with Crippen LogP contribution >= 0.6 is 0 Å². The average Bonchev–Trinajstić information content (AvgIpc) is 3.04. The molecule has 0 aliphatic heterocycles. The van der Waals surface area contributed by atoms with Crippen LogP contribution in [0.1, 0.15) is 19.3 Å². The van der Waals surface area contributed by atoms with Gasteiger partial charge in [0, 0.05) is 19.6 Å². The third-order valence-corrected chi connectivity index (χ3v) is 1.85. The summed E-state index contributed by atoms with van der Waals surface area (Å²) >= 11 is 0. The number of hydrogen-bond donors (Lipinski definition) is 2. The van der Waals surface area contributed by atoms with Crippen molar-refractivity contribution in [1.82, 2.24) is 10.2 Å². The number of hydrogen-bond acceptors (Lipinski definition) is 3. The lowest BCUT2D eigenvalue weighted by molar-refractivity contribution is -0.118. The number of nitriles is 1. The second-order valence-electron chi connectivity index (χ2n) is 3.04. The normalized spacial score (nSPS) is 12.8. The van der Waals surface area contributed by atoms with Crippen LogP contribution in [0, 0.1) is 11.3 Å². The first-order chi connectivity index (χ1) is 7.15. The van der Waals surface area contributed by atoms with Gasteiger partial charge in [0.15, 0.2) is 0 Å². The van der Waals surface area contributed by atoms with Crippen LogP contribution in [0.2, 0.25) is 0 Å². The molecule has 1 saturated carbocycles. The van der Waals surface area contributed by atoms with Crippen molar-refractivity contribution in [2.45, 2.75) is 25.3 Å². The lowest BCUT2D eigenvalue weighted by Crippen LogP contribution is -2.24. The highest BCUT2D eigenvalue weighted by Crippen LogP contribution is 2.25. The highest BCUT2D eigenvalue weighted by molar-refractivity contribution is 5.63. The van der Waals surface area contributed by atoms with Gasteiger partial charge in [-0.05, 0) is 12.8 Å². The van der Waals surface area contributed by atoms with Gasteiger partial charge in [-0.3, -0.25) is 4.79 Å². The topological polar surface area (TPSA) is 93.4 Å². The molecule has 6 nitrogen and oxygen atoms in total. The quantitative estimate of drug-likeness (QED) is 0.661. The number of amides is 2. The van der Waals surface area contributed by atoms with E-state index in [0.29, 0.717) is 19.0 Å². The Morgan fingerprint density at radius 3 is 2.53 bits per heavy atom. The van der Waals surface area contributed by atoms with Crippen LogP contribution in [0.15, 0.2) is 0 Å². The van der Waals surface area contributed by atoms with Crippen LogP contribution in [0.25, 0.3) is 0 Å². The summed E-state index contributed by atoms with van der Waals surface area (Å²) in [5, 5.41) is 17.8. The minimum absolute atomic E-state index is 0.450. The molecule has 1 aliphatic rings. The molecule has 0 unspecified atom stereocenters. The van der Waals surface area contributed by atoms with Crippen LogP contribution < -0.4 is 5.32 Å². The maximum absolute atomic E-state index is 10.3. The predicted molar refractivity (Wildman–Crippen MR) is 53.1 cm³/mol. The van der Waals surface area contributed by atoms with Gasteiger partial charge in [-0.15, -0.1) is 0 Å². The van der Waals surface area contributed by atoms with Gasteiger partial charge in [0.05, 0.1) is 12.5 Å². The third-order valence-electron chi connectivity index (χ3n) is 1.85. The Bertz CT molecular complexity index is 245. The Morgan fingerprint density at radius 1 is 1.73 bits per heavy atom. The molecule has 1 fully saturated rings. The molecule has 2 N–H and O–H groups in total. The Balaban J connectivity index is 0.000000336. The van der Waals surface area contributed by atoms with E-state index in [0.717, 1.165) is 19.3 Å². The van der Waals surface area contributed by atoms with Gasteiger partial charge in [0.2, 0.25) is 6.41 Å². The van der Waals surface area contributed by atoms with Gasteiger partial charge in [-0.1, -0.05) is 0 Å². The molecule has 0 radical (unpaired) electrons. The number of carbonyl (C=O) groups is 2. The van der Waals surface area contributed by atoms with Gasteiger partial charge >= 0.3 is 6.09 Å². The molecule has 84 valence electrons. The zero-order chi connectivity index (χ0) is 11.7. The van der Waals surface area contributed by atoms with E-state index < -0.39 is 6.09 Å². The first-order valence-electron chi connectivity index (χ1n) is 4.64. The van der Waals surface area contributed by atoms with E-state index in [1.54, 1.807) is 4.90 Å². The summed E-state index contributed by atoms with van der Waals surface area (Å²) in [6, 6.07) is 2.46. The fourth-order valence-electron chi connectivity index (χ4n) is 0.907. The fourth-order valence-corrected chi connectivity index (χ4v) is 0.907. The van der Waals surface area contributed by atoms with Crippen molar-refractivity contribution in [1.29, 1.82) is 5.26 Å². The number of nitrogens with one attached hydrogen (secondary N) is 1. The molecule has 0 aromatic rings. The average molecular weight is 213 g/mol. The van der Waals surface area contributed by atoms with E-state index in [-0.39, 0.29) is 0 Å². The van der Waals surface area contributed by atoms with Crippen molar-refractivity contribution in [2.24, 2.45) is 0 Å². The summed E-state index contributed by atoms with van der Waals surface area (Å²) in [6.07, 6.45) is 2.53. The Kier molecular flexibility index (Phi) is 6.72. The van der Waals surface area contributed by atoms with Crippen molar-refractivity contribution in [3.05, 3.63) is 0 Å². The maximum Gasteiger partial charge on any atom is 0.404 e. The smallest absolute Gasteiger partial charge is 0.404 e. The predicted octanol–water partition coefficient (Wildman–Crippen LogP) is 0.405. The first-order valence-corrected chi connectivity index (χ1v) is 4.64. The van der Waals surface area contributed by atoms with E-state index in [9.17, 15) is 9.59 Å². The maximum atomic E-state index is 10.3. The van der Waals surface area contributed by atoms with E-state index in [1.807, 2.05) is 11.4 Å². The zero-order valence-corrected chi connectivity index (χ0v) is 8.64. The molecule has 6 heteroatoms. The number of carbonyl (C=O) groups excluding carboxylic acids is 1. The van der Waals surface area contributed by atoms with Crippen molar-refractivity contribution < 1.29 is 14.7 Å². The molecule has 0 spiro atoms. The van der Waals surface area contributed by atoms with Gasteiger partial charge in [0.25, 0.3) is 0 Å². The highest BCUT2D eigenvalue weighted by atomic mass is 16.4. The summed E-state index contributed by atoms with van der Waals surface area (Å²) in [4.78, 5) is 21.3. The van der Waals surface area contributed by atoms with Gasteiger partial charge in [-0.2, -0.15) is 5.26 Å². The molecule has 0 heterocycles. The van der Waals surface area contributed by atoms with Crippen molar-refractivity contribution in [3.8, 4) is 6.07 Å². The zero-order valence-electron chi connectivity index (χ0n) is 8.64. The van der Waals surface area contributed by atoms with Crippen LogP contribution in [0.4, 0.5) is 4.79 Å². The highest BCUT2D eigenvalue weighted by Gasteiger charge is 2.27. The second-order valence-corrected chi connectivity index (χ2v) is 3.04. The number of rotatable bonds is 4. The third kappa shape index (κ3) is 7.31. The lowest BCUT2D eigenvalue weighted by atomic mass is 10.4. The molecule has 15 heavy (non-hydrogen) atoms. The standard InChI is InChI=1S/C7H10N2O.C2H5NO2/c8-4-1-5-9(6-10)7-2-3-7;1-3-2(4)5/h6-7H,1-3,5H2;3H,1H3,(H,4,5). The summed E-state index contributed by atoms with van der Waals surface area (Å²) in [6.45, 7) is 0.602. The van der Waals surface area contributed by atoms with E-state index >= 15 is 0 Å². The van der Waals surface area contributed by atoms with Crippen LogP contribution in [0.5, 0.6) is 0 Å². The first kappa shape index (κ1) is 13.2. The van der Waals surface area contributed by atoms with Gasteiger partial charge in [0.1, 0.15) is 0 Å². The molecule has 0 atom stereocenters. The summed E-state index contributed by atoms with van der Waals surface area (Å²) in [7, 11) is 1.35. The molecule has 1 rings (SSSR count). The van der Waals surface area contributed by atoms with Gasteiger partial charge < -0.3 is 15.3 Å². The van der Waals surface area contributed by atoms with Gasteiger partial charge in [-0.25, -0.2) is 4.79 Å².